The standard InChI is InChI=1S/C18H28N2O2/c1-14-8-6-9-17(15(14)2)22-16(3)18(21)19-10-7-13-20-11-4-5-12-20/h6,8-9,16H,4-5,7,10-13H2,1-3H3,(H,19,21)/t16-/m1/s1. The highest BCUT2D eigenvalue weighted by Crippen LogP contribution is 2.21. The van der Waals surface area contributed by atoms with Gasteiger partial charge in [-0.15, -0.1) is 0 Å². The van der Waals surface area contributed by atoms with Crippen LogP contribution in [0.4, 0.5) is 0 Å². The lowest BCUT2D eigenvalue weighted by Crippen LogP contribution is -2.37. The van der Waals surface area contributed by atoms with Gasteiger partial charge in [-0.05, 0) is 76.9 Å². The van der Waals surface area contributed by atoms with Crippen molar-refractivity contribution in [3.8, 4) is 5.75 Å². The number of nitrogens with one attached hydrogen (secondary N) is 1. The van der Waals surface area contributed by atoms with Crippen molar-refractivity contribution in [2.75, 3.05) is 26.2 Å². The summed E-state index contributed by atoms with van der Waals surface area (Å²) >= 11 is 0. The number of hydrogen-bond donors (Lipinski definition) is 1. The molecule has 1 aromatic rings. The van der Waals surface area contributed by atoms with Crippen LogP contribution in [0.1, 0.15) is 37.3 Å². The van der Waals surface area contributed by atoms with Crippen LogP contribution in [0.2, 0.25) is 0 Å². The maximum absolute atomic E-state index is 12.1. The van der Waals surface area contributed by atoms with Crippen molar-refractivity contribution in [3.63, 3.8) is 0 Å². The molecule has 0 spiro atoms. The minimum atomic E-state index is -0.465. The summed E-state index contributed by atoms with van der Waals surface area (Å²) < 4.78 is 5.80. The van der Waals surface area contributed by atoms with Gasteiger partial charge in [-0.1, -0.05) is 12.1 Å². The van der Waals surface area contributed by atoms with Crippen LogP contribution in [-0.2, 0) is 4.79 Å². The first-order chi connectivity index (χ1) is 10.6. The lowest BCUT2D eigenvalue weighted by atomic mass is 10.1. The molecule has 1 aliphatic heterocycles. The lowest BCUT2D eigenvalue weighted by molar-refractivity contribution is -0.127. The van der Waals surface area contributed by atoms with Crippen molar-refractivity contribution in [1.82, 2.24) is 10.2 Å². The van der Waals surface area contributed by atoms with Crippen LogP contribution >= 0.6 is 0 Å². The molecule has 1 aliphatic rings. The molecule has 22 heavy (non-hydrogen) atoms. The highest BCUT2D eigenvalue weighted by Gasteiger charge is 2.16. The number of carbonyl (C=O) groups is 1. The van der Waals surface area contributed by atoms with Crippen LogP contribution in [-0.4, -0.2) is 43.1 Å². The molecule has 1 fully saturated rings. The fourth-order valence-corrected chi connectivity index (χ4v) is 2.76. The van der Waals surface area contributed by atoms with Crippen LogP contribution in [0, 0.1) is 13.8 Å². The Morgan fingerprint density at radius 1 is 1.32 bits per heavy atom. The van der Waals surface area contributed by atoms with E-state index in [0.29, 0.717) is 0 Å². The molecular weight excluding hydrogens is 276 g/mol. The Balaban J connectivity index is 1.71. The first-order valence-electron chi connectivity index (χ1n) is 8.31. The second kappa shape index (κ2) is 8.18. The van der Waals surface area contributed by atoms with E-state index in [2.05, 4.69) is 10.2 Å². The smallest absolute Gasteiger partial charge is 0.260 e. The quantitative estimate of drug-likeness (QED) is 0.788. The average Bonchev–Trinajstić information content (AvgIpc) is 3.01. The molecule has 1 heterocycles. The van der Waals surface area contributed by atoms with Crippen LogP contribution in [0.25, 0.3) is 0 Å². The molecule has 0 aliphatic carbocycles. The van der Waals surface area contributed by atoms with E-state index in [1.165, 1.54) is 31.5 Å². The molecular formula is C18H28N2O2. The summed E-state index contributed by atoms with van der Waals surface area (Å²) in [5.74, 6) is 0.752. The summed E-state index contributed by atoms with van der Waals surface area (Å²) in [6.07, 6.45) is 3.16. The van der Waals surface area contributed by atoms with E-state index in [0.717, 1.165) is 30.8 Å². The Kier molecular flexibility index (Phi) is 6.25. The zero-order chi connectivity index (χ0) is 15.9. The number of amides is 1. The number of aryl methyl sites for hydroxylation is 1. The summed E-state index contributed by atoms with van der Waals surface area (Å²) in [6.45, 7) is 10.1. The van der Waals surface area contributed by atoms with Crippen LogP contribution in [0.5, 0.6) is 5.75 Å². The second-order valence-electron chi connectivity index (χ2n) is 6.15. The van der Waals surface area contributed by atoms with Gasteiger partial charge in [0.15, 0.2) is 6.10 Å². The van der Waals surface area contributed by atoms with E-state index < -0.39 is 6.10 Å². The molecule has 1 atom stereocenters. The van der Waals surface area contributed by atoms with Gasteiger partial charge in [0.25, 0.3) is 5.91 Å². The Hall–Kier alpha value is -1.55. The minimum absolute atomic E-state index is 0.0395. The van der Waals surface area contributed by atoms with E-state index in [-0.39, 0.29) is 5.91 Å². The third-order valence-corrected chi connectivity index (χ3v) is 4.38. The van der Waals surface area contributed by atoms with E-state index in [4.69, 9.17) is 4.74 Å². The summed E-state index contributed by atoms with van der Waals surface area (Å²) in [5, 5.41) is 2.97. The molecule has 4 heteroatoms. The molecule has 0 aromatic heterocycles. The second-order valence-corrected chi connectivity index (χ2v) is 6.15. The summed E-state index contributed by atoms with van der Waals surface area (Å²) in [7, 11) is 0. The fourth-order valence-electron chi connectivity index (χ4n) is 2.76. The number of rotatable bonds is 7. The maximum Gasteiger partial charge on any atom is 0.260 e. The van der Waals surface area contributed by atoms with Gasteiger partial charge in [0.05, 0.1) is 0 Å². The highest BCUT2D eigenvalue weighted by atomic mass is 16.5. The predicted octanol–water partition coefficient (Wildman–Crippen LogP) is 2.67. The molecule has 1 aromatic carbocycles. The molecule has 1 saturated heterocycles. The summed E-state index contributed by atoms with van der Waals surface area (Å²) in [5.41, 5.74) is 2.27. The van der Waals surface area contributed by atoms with E-state index >= 15 is 0 Å². The van der Waals surface area contributed by atoms with Gasteiger partial charge in [-0.3, -0.25) is 4.79 Å². The topological polar surface area (TPSA) is 41.6 Å². The number of carbonyl (C=O) groups excluding carboxylic acids is 1. The van der Waals surface area contributed by atoms with Gasteiger partial charge in [0, 0.05) is 6.54 Å². The zero-order valence-electron chi connectivity index (χ0n) is 14.0. The van der Waals surface area contributed by atoms with Gasteiger partial charge in [0.1, 0.15) is 5.75 Å². The number of likely N-dealkylation sites (tertiary alicyclic amines) is 1. The van der Waals surface area contributed by atoms with Gasteiger partial charge in [-0.25, -0.2) is 0 Å². The first kappa shape index (κ1) is 16.8. The highest BCUT2D eigenvalue weighted by molar-refractivity contribution is 5.80. The predicted molar refractivity (Wildman–Crippen MR) is 89.3 cm³/mol. The Labute approximate surface area is 133 Å². The maximum atomic E-state index is 12.1. The average molecular weight is 304 g/mol. The van der Waals surface area contributed by atoms with Crippen molar-refractivity contribution in [1.29, 1.82) is 0 Å². The van der Waals surface area contributed by atoms with Gasteiger partial charge < -0.3 is 15.0 Å². The Morgan fingerprint density at radius 2 is 2.05 bits per heavy atom. The molecule has 2 rings (SSSR count). The van der Waals surface area contributed by atoms with E-state index in [1.807, 2.05) is 32.0 Å². The lowest BCUT2D eigenvalue weighted by Gasteiger charge is -2.18. The van der Waals surface area contributed by atoms with Crippen molar-refractivity contribution in [2.45, 2.75) is 46.1 Å². The van der Waals surface area contributed by atoms with Crippen molar-refractivity contribution in [3.05, 3.63) is 29.3 Å². The number of nitrogens with zero attached hydrogens (tertiary/aromatic N) is 1. The monoisotopic (exact) mass is 304 g/mol. The molecule has 1 N–H and O–H groups in total. The normalized spacial score (nSPS) is 16.5. The Morgan fingerprint density at radius 3 is 2.77 bits per heavy atom. The van der Waals surface area contributed by atoms with Crippen LogP contribution in [0.15, 0.2) is 18.2 Å². The molecule has 0 bridgehead atoms. The van der Waals surface area contributed by atoms with Crippen molar-refractivity contribution in [2.24, 2.45) is 0 Å². The molecule has 0 radical (unpaired) electrons. The number of hydrogen-bond acceptors (Lipinski definition) is 3. The number of benzene rings is 1. The van der Waals surface area contributed by atoms with E-state index in [1.54, 1.807) is 6.92 Å². The van der Waals surface area contributed by atoms with Gasteiger partial charge in [-0.2, -0.15) is 0 Å². The largest absolute Gasteiger partial charge is 0.481 e. The van der Waals surface area contributed by atoms with Crippen molar-refractivity contribution >= 4 is 5.91 Å². The molecule has 4 nitrogen and oxygen atoms in total. The van der Waals surface area contributed by atoms with Gasteiger partial charge in [0.2, 0.25) is 0 Å². The van der Waals surface area contributed by atoms with Crippen molar-refractivity contribution < 1.29 is 9.53 Å². The van der Waals surface area contributed by atoms with Gasteiger partial charge >= 0.3 is 0 Å². The fraction of sp³-hybridized carbons (Fsp3) is 0.611. The summed E-state index contributed by atoms with van der Waals surface area (Å²) in [4.78, 5) is 14.6. The van der Waals surface area contributed by atoms with Crippen LogP contribution in [0.3, 0.4) is 0 Å². The van der Waals surface area contributed by atoms with Crippen LogP contribution < -0.4 is 10.1 Å². The molecule has 122 valence electrons. The third kappa shape index (κ3) is 4.73. The molecule has 1 amide bonds. The SMILES string of the molecule is Cc1cccc(O[C@H](C)C(=O)NCCCN2CCCC2)c1C. The molecule has 0 unspecified atom stereocenters. The Bertz CT molecular complexity index is 496. The first-order valence-corrected chi connectivity index (χ1v) is 8.31. The number of ether oxygens (including phenoxy) is 1. The minimum Gasteiger partial charge on any atom is -0.481 e. The third-order valence-electron chi connectivity index (χ3n) is 4.38. The summed E-state index contributed by atoms with van der Waals surface area (Å²) in [6, 6.07) is 5.92. The van der Waals surface area contributed by atoms with E-state index in [9.17, 15) is 4.79 Å². The zero-order valence-corrected chi connectivity index (χ0v) is 14.0. The molecule has 0 saturated carbocycles.